The van der Waals surface area contributed by atoms with Crippen molar-refractivity contribution in [3.05, 3.63) is 0 Å². The van der Waals surface area contributed by atoms with E-state index in [0.717, 1.165) is 25.5 Å². The first kappa shape index (κ1) is 13.2. The molecule has 0 amide bonds. The molecule has 1 unspecified atom stereocenters. The molecule has 0 aromatic heterocycles. The lowest BCUT2D eigenvalue weighted by atomic mass is 10.2. The molecule has 0 bridgehead atoms. The second kappa shape index (κ2) is 5.62. The molecular formula is C10H18O6S. The Bertz CT molecular complexity index is 335. The van der Waals surface area contributed by atoms with Crippen LogP contribution in [0, 0.1) is 0 Å². The predicted octanol–water partition coefficient (Wildman–Crippen LogP) is 0.273. The average Bonchev–Trinajstić information content (AvgIpc) is 2.65. The largest absolute Gasteiger partial charge is 0.376 e. The van der Waals surface area contributed by atoms with Gasteiger partial charge in [-0.3, -0.25) is 4.18 Å². The molecule has 0 N–H and O–H groups in total. The molecule has 100 valence electrons. The Morgan fingerprint density at radius 2 is 1.94 bits per heavy atom. The minimum absolute atomic E-state index is 0.241. The molecule has 17 heavy (non-hydrogen) atoms. The van der Waals surface area contributed by atoms with Gasteiger partial charge in [0.1, 0.15) is 12.2 Å². The van der Waals surface area contributed by atoms with Crippen LogP contribution < -0.4 is 0 Å². The van der Waals surface area contributed by atoms with Gasteiger partial charge >= 0.3 is 0 Å². The van der Waals surface area contributed by atoms with Gasteiger partial charge in [0.2, 0.25) is 0 Å². The molecule has 2 rings (SSSR count). The molecule has 0 aromatic rings. The number of hydrogen-bond donors (Lipinski definition) is 0. The molecule has 3 atom stereocenters. The fourth-order valence-corrected chi connectivity index (χ4v) is 2.60. The van der Waals surface area contributed by atoms with Crippen LogP contribution in [-0.4, -0.2) is 53.0 Å². The van der Waals surface area contributed by atoms with Gasteiger partial charge in [0, 0.05) is 6.61 Å². The van der Waals surface area contributed by atoms with Crippen LogP contribution in [0.1, 0.15) is 19.3 Å². The summed E-state index contributed by atoms with van der Waals surface area (Å²) in [7, 11) is -3.48. The van der Waals surface area contributed by atoms with Gasteiger partial charge in [0.05, 0.1) is 19.5 Å². The Kier molecular flexibility index (Phi) is 4.37. The lowest BCUT2D eigenvalue weighted by molar-refractivity contribution is -0.197. The van der Waals surface area contributed by atoms with Crippen molar-refractivity contribution in [2.75, 3.05) is 26.1 Å². The molecule has 6 nitrogen and oxygen atoms in total. The highest BCUT2D eigenvalue weighted by Gasteiger charge is 2.35. The van der Waals surface area contributed by atoms with Gasteiger partial charge in [0.15, 0.2) is 6.29 Å². The molecule has 0 saturated carbocycles. The molecule has 0 aliphatic carbocycles. The highest BCUT2D eigenvalue weighted by Crippen LogP contribution is 2.21. The Morgan fingerprint density at radius 3 is 2.59 bits per heavy atom. The quantitative estimate of drug-likeness (QED) is 0.680. The zero-order chi connectivity index (χ0) is 12.3. The van der Waals surface area contributed by atoms with Crippen LogP contribution in [0.3, 0.4) is 0 Å². The molecule has 0 radical (unpaired) electrons. The SMILES string of the molecule is CS(=O)(=O)O[C@H]1COC[C@H]1OC1CCCCO1. The molecule has 2 aliphatic rings. The molecule has 0 spiro atoms. The maximum absolute atomic E-state index is 11.1. The first-order chi connectivity index (χ1) is 8.04. The Labute approximate surface area is 101 Å². The third-order valence-corrected chi connectivity index (χ3v) is 3.34. The lowest BCUT2D eigenvalue weighted by Crippen LogP contribution is -2.37. The van der Waals surface area contributed by atoms with Gasteiger partial charge in [-0.2, -0.15) is 8.42 Å². The van der Waals surface area contributed by atoms with E-state index in [2.05, 4.69) is 0 Å². The van der Waals surface area contributed by atoms with Gasteiger partial charge in [-0.05, 0) is 19.3 Å². The summed E-state index contributed by atoms with van der Waals surface area (Å²) in [5.41, 5.74) is 0. The van der Waals surface area contributed by atoms with E-state index < -0.39 is 16.2 Å². The second-order valence-electron chi connectivity index (χ2n) is 4.35. The van der Waals surface area contributed by atoms with Gasteiger partial charge in [0.25, 0.3) is 10.1 Å². The summed E-state index contributed by atoms with van der Waals surface area (Å²) in [6.07, 6.45) is 2.78. The maximum Gasteiger partial charge on any atom is 0.264 e. The normalized spacial score (nSPS) is 35.0. The maximum atomic E-state index is 11.1. The van der Waals surface area contributed by atoms with Gasteiger partial charge in [-0.25, -0.2) is 0 Å². The van der Waals surface area contributed by atoms with Crippen LogP contribution in [0.2, 0.25) is 0 Å². The van der Waals surface area contributed by atoms with E-state index in [-0.39, 0.29) is 19.0 Å². The first-order valence-corrected chi connectivity index (χ1v) is 7.59. The van der Waals surface area contributed by atoms with Crippen LogP contribution in [0.5, 0.6) is 0 Å². The number of rotatable bonds is 4. The Balaban J connectivity index is 1.86. The van der Waals surface area contributed by atoms with Crippen LogP contribution in [0.25, 0.3) is 0 Å². The van der Waals surface area contributed by atoms with Crippen molar-refractivity contribution >= 4 is 10.1 Å². The van der Waals surface area contributed by atoms with E-state index in [1.165, 1.54) is 0 Å². The van der Waals surface area contributed by atoms with Crippen molar-refractivity contribution in [3.8, 4) is 0 Å². The topological polar surface area (TPSA) is 71.1 Å². The minimum atomic E-state index is -3.48. The fourth-order valence-electron chi connectivity index (χ4n) is 1.97. The number of ether oxygens (including phenoxy) is 3. The summed E-state index contributed by atoms with van der Waals surface area (Å²) in [6, 6.07) is 0. The second-order valence-corrected chi connectivity index (χ2v) is 5.95. The molecule has 0 aromatic carbocycles. The highest BCUT2D eigenvalue weighted by molar-refractivity contribution is 7.86. The Morgan fingerprint density at radius 1 is 1.18 bits per heavy atom. The molecule has 7 heteroatoms. The average molecular weight is 266 g/mol. The van der Waals surface area contributed by atoms with Gasteiger partial charge < -0.3 is 14.2 Å². The zero-order valence-electron chi connectivity index (χ0n) is 9.83. The van der Waals surface area contributed by atoms with E-state index in [4.69, 9.17) is 18.4 Å². The van der Waals surface area contributed by atoms with Crippen LogP contribution in [0.4, 0.5) is 0 Å². The standard InChI is InChI=1S/C10H18O6S/c1-17(11,12)16-9-7-13-6-8(9)15-10-4-2-3-5-14-10/h8-10H,2-7H2,1H3/t8-,9+,10?/m1/s1. The first-order valence-electron chi connectivity index (χ1n) is 5.78. The van der Waals surface area contributed by atoms with Gasteiger partial charge in [-0.15, -0.1) is 0 Å². The summed E-state index contributed by atoms with van der Waals surface area (Å²) in [5.74, 6) is 0. The van der Waals surface area contributed by atoms with Crippen molar-refractivity contribution in [2.24, 2.45) is 0 Å². The highest BCUT2D eigenvalue weighted by atomic mass is 32.2. The third kappa shape index (κ3) is 4.18. The lowest BCUT2D eigenvalue weighted by Gasteiger charge is -2.27. The zero-order valence-corrected chi connectivity index (χ0v) is 10.6. The third-order valence-electron chi connectivity index (χ3n) is 2.74. The van der Waals surface area contributed by atoms with Crippen molar-refractivity contribution in [1.82, 2.24) is 0 Å². The van der Waals surface area contributed by atoms with Crippen molar-refractivity contribution in [3.63, 3.8) is 0 Å². The summed E-state index contributed by atoms with van der Waals surface area (Å²) in [5, 5.41) is 0. The van der Waals surface area contributed by atoms with Crippen LogP contribution in [-0.2, 0) is 28.5 Å². The van der Waals surface area contributed by atoms with Crippen LogP contribution >= 0.6 is 0 Å². The minimum Gasteiger partial charge on any atom is -0.376 e. The molecule has 2 saturated heterocycles. The van der Waals surface area contributed by atoms with Crippen molar-refractivity contribution < 1.29 is 26.8 Å². The summed E-state index contributed by atoms with van der Waals surface area (Å²) < 4.78 is 43.3. The van der Waals surface area contributed by atoms with E-state index in [0.29, 0.717) is 13.2 Å². The van der Waals surface area contributed by atoms with E-state index >= 15 is 0 Å². The summed E-state index contributed by atoms with van der Waals surface area (Å²) >= 11 is 0. The summed E-state index contributed by atoms with van der Waals surface area (Å²) in [4.78, 5) is 0. The molecule has 2 aliphatic heterocycles. The van der Waals surface area contributed by atoms with Crippen molar-refractivity contribution in [1.29, 1.82) is 0 Å². The van der Waals surface area contributed by atoms with Crippen LogP contribution in [0.15, 0.2) is 0 Å². The van der Waals surface area contributed by atoms with E-state index in [1.807, 2.05) is 0 Å². The monoisotopic (exact) mass is 266 g/mol. The van der Waals surface area contributed by atoms with E-state index in [1.54, 1.807) is 0 Å². The molecular weight excluding hydrogens is 248 g/mol. The summed E-state index contributed by atoms with van der Waals surface area (Å²) in [6.45, 7) is 1.28. The fraction of sp³-hybridized carbons (Fsp3) is 1.00. The predicted molar refractivity (Wildman–Crippen MR) is 59.0 cm³/mol. The molecule has 2 fully saturated rings. The van der Waals surface area contributed by atoms with E-state index in [9.17, 15) is 8.42 Å². The Hall–Kier alpha value is -0.210. The van der Waals surface area contributed by atoms with Crippen molar-refractivity contribution in [2.45, 2.75) is 37.8 Å². The number of hydrogen-bond acceptors (Lipinski definition) is 6. The molecule has 2 heterocycles. The smallest absolute Gasteiger partial charge is 0.264 e. The van der Waals surface area contributed by atoms with Gasteiger partial charge in [-0.1, -0.05) is 0 Å².